The zero-order chi connectivity index (χ0) is 12.1. The number of aromatic amines is 1. The van der Waals surface area contributed by atoms with E-state index in [-0.39, 0.29) is 5.56 Å². The second kappa shape index (κ2) is 5.35. The minimum absolute atomic E-state index is 0.111. The van der Waals surface area contributed by atoms with Crippen molar-refractivity contribution in [3.05, 3.63) is 40.2 Å². The van der Waals surface area contributed by atoms with E-state index in [9.17, 15) is 4.79 Å². The number of benzene rings is 1. The Morgan fingerprint density at radius 3 is 2.50 bits per heavy atom. The third-order valence-corrected chi connectivity index (χ3v) is 2.16. The number of ether oxygens (including phenoxy) is 1. The molecule has 2 rings (SSSR count). The number of nitrogens with one attached hydrogen (secondary N) is 1. The van der Waals surface area contributed by atoms with Crippen molar-refractivity contribution in [2.45, 2.75) is 20.8 Å². The maximum atomic E-state index is 11.1. The van der Waals surface area contributed by atoms with E-state index in [1.165, 1.54) is 6.07 Å². The first-order valence-electron chi connectivity index (χ1n) is 5.38. The molecular formula is C13H17NO2. The SMILES string of the molecule is CC.COc1cc(C)cc2ccc(=O)[nH]c12. The van der Waals surface area contributed by atoms with Crippen molar-refractivity contribution < 1.29 is 4.74 Å². The summed E-state index contributed by atoms with van der Waals surface area (Å²) >= 11 is 0. The van der Waals surface area contributed by atoms with E-state index in [0.29, 0.717) is 5.75 Å². The summed E-state index contributed by atoms with van der Waals surface area (Å²) in [6, 6.07) is 7.22. The number of fused-ring (bicyclic) bond motifs is 1. The van der Waals surface area contributed by atoms with Gasteiger partial charge < -0.3 is 9.72 Å². The van der Waals surface area contributed by atoms with Crippen LogP contribution in [0.3, 0.4) is 0 Å². The second-order valence-corrected chi connectivity index (χ2v) is 3.25. The Balaban J connectivity index is 0.000000606. The molecule has 0 bridgehead atoms. The smallest absolute Gasteiger partial charge is 0.248 e. The molecule has 0 radical (unpaired) electrons. The molecule has 2 aromatic rings. The average molecular weight is 219 g/mol. The van der Waals surface area contributed by atoms with Crippen LogP contribution in [0.25, 0.3) is 10.9 Å². The predicted octanol–water partition coefficient (Wildman–Crippen LogP) is 2.87. The molecule has 0 saturated carbocycles. The van der Waals surface area contributed by atoms with Gasteiger partial charge in [-0.2, -0.15) is 0 Å². The van der Waals surface area contributed by atoms with Crippen molar-refractivity contribution in [3.8, 4) is 5.75 Å². The number of aryl methyl sites for hydroxylation is 1. The van der Waals surface area contributed by atoms with E-state index in [1.807, 2.05) is 32.9 Å². The molecule has 3 nitrogen and oxygen atoms in total. The largest absolute Gasteiger partial charge is 0.495 e. The van der Waals surface area contributed by atoms with E-state index < -0.39 is 0 Å². The first kappa shape index (κ1) is 12.3. The number of hydrogen-bond acceptors (Lipinski definition) is 2. The van der Waals surface area contributed by atoms with Crippen LogP contribution in [0.4, 0.5) is 0 Å². The minimum atomic E-state index is -0.111. The van der Waals surface area contributed by atoms with E-state index >= 15 is 0 Å². The van der Waals surface area contributed by atoms with Gasteiger partial charge in [-0.1, -0.05) is 13.8 Å². The fourth-order valence-electron chi connectivity index (χ4n) is 1.54. The third-order valence-electron chi connectivity index (χ3n) is 2.16. The van der Waals surface area contributed by atoms with Gasteiger partial charge in [0.05, 0.1) is 12.6 Å². The van der Waals surface area contributed by atoms with E-state index in [1.54, 1.807) is 13.2 Å². The highest BCUT2D eigenvalue weighted by molar-refractivity contribution is 5.85. The molecule has 86 valence electrons. The maximum Gasteiger partial charge on any atom is 0.248 e. The normalized spacial score (nSPS) is 9.50. The number of methoxy groups -OCH3 is 1. The molecule has 0 saturated heterocycles. The molecule has 1 heterocycles. The van der Waals surface area contributed by atoms with Crippen molar-refractivity contribution in [2.75, 3.05) is 7.11 Å². The average Bonchev–Trinajstić information content (AvgIpc) is 2.31. The number of hydrogen-bond donors (Lipinski definition) is 1. The Hall–Kier alpha value is -1.77. The monoisotopic (exact) mass is 219 g/mol. The summed E-state index contributed by atoms with van der Waals surface area (Å²) in [5.41, 5.74) is 1.76. The van der Waals surface area contributed by atoms with Crippen LogP contribution in [-0.2, 0) is 0 Å². The Labute approximate surface area is 95.1 Å². The first-order valence-corrected chi connectivity index (χ1v) is 5.38. The summed E-state index contributed by atoms with van der Waals surface area (Å²) in [7, 11) is 1.60. The quantitative estimate of drug-likeness (QED) is 0.801. The maximum absolute atomic E-state index is 11.1. The van der Waals surface area contributed by atoms with E-state index in [4.69, 9.17) is 4.74 Å². The highest BCUT2D eigenvalue weighted by Crippen LogP contribution is 2.23. The number of rotatable bonds is 1. The van der Waals surface area contributed by atoms with E-state index in [2.05, 4.69) is 4.98 Å². The van der Waals surface area contributed by atoms with Gasteiger partial charge >= 0.3 is 0 Å². The van der Waals surface area contributed by atoms with Gasteiger partial charge in [0.2, 0.25) is 5.56 Å². The van der Waals surface area contributed by atoms with Gasteiger partial charge in [-0.15, -0.1) is 0 Å². The van der Waals surface area contributed by atoms with Crippen molar-refractivity contribution in [2.24, 2.45) is 0 Å². The van der Waals surface area contributed by atoms with Crippen LogP contribution in [0.2, 0.25) is 0 Å². The molecule has 0 aliphatic rings. The lowest BCUT2D eigenvalue weighted by Crippen LogP contribution is -2.03. The van der Waals surface area contributed by atoms with Gasteiger partial charge in [-0.3, -0.25) is 4.79 Å². The molecule has 3 heteroatoms. The van der Waals surface area contributed by atoms with Crippen LogP contribution in [0.5, 0.6) is 5.75 Å². The minimum Gasteiger partial charge on any atom is -0.495 e. The molecule has 16 heavy (non-hydrogen) atoms. The zero-order valence-corrected chi connectivity index (χ0v) is 10.1. The molecule has 0 unspecified atom stereocenters. The number of aromatic nitrogens is 1. The highest BCUT2D eigenvalue weighted by atomic mass is 16.5. The van der Waals surface area contributed by atoms with Crippen molar-refractivity contribution >= 4 is 10.9 Å². The summed E-state index contributed by atoms with van der Waals surface area (Å²) in [5, 5.41) is 0.987. The predicted molar refractivity (Wildman–Crippen MR) is 67.2 cm³/mol. The number of H-pyrrole nitrogens is 1. The van der Waals surface area contributed by atoms with Crippen LogP contribution >= 0.6 is 0 Å². The molecule has 0 fully saturated rings. The Morgan fingerprint density at radius 2 is 1.88 bits per heavy atom. The van der Waals surface area contributed by atoms with Crippen LogP contribution in [0, 0.1) is 6.92 Å². The second-order valence-electron chi connectivity index (χ2n) is 3.25. The van der Waals surface area contributed by atoms with E-state index in [0.717, 1.165) is 16.5 Å². The highest BCUT2D eigenvalue weighted by Gasteiger charge is 2.02. The first-order chi connectivity index (χ1) is 7.70. The molecule has 0 aliphatic heterocycles. The number of pyridine rings is 1. The lowest BCUT2D eigenvalue weighted by atomic mass is 10.1. The van der Waals surface area contributed by atoms with Gasteiger partial charge in [-0.25, -0.2) is 0 Å². The Kier molecular flexibility index (Phi) is 4.11. The molecule has 0 aliphatic carbocycles. The van der Waals surface area contributed by atoms with Crippen molar-refractivity contribution in [3.63, 3.8) is 0 Å². The fraction of sp³-hybridized carbons (Fsp3) is 0.308. The molecule has 0 atom stereocenters. The summed E-state index contributed by atoms with van der Waals surface area (Å²) < 4.78 is 5.19. The standard InChI is InChI=1S/C11H11NO2.C2H6/c1-7-5-8-3-4-10(13)12-11(8)9(6-7)14-2;1-2/h3-6H,1-2H3,(H,12,13);1-2H3. The zero-order valence-electron chi connectivity index (χ0n) is 10.1. The van der Waals surface area contributed by atoms with Gasteiger partial charge in [0.1, 0.15) is 5.75 Å². The summed E-state index contributed by atoms with van der Waals surface area (Å²) in [5.74, 6) is 0.706. The topological polar surface area (TPSA) is 42.1 Å². The van der Waals surface area contributed by atoms with Crippen molar-refractivity contribution in [1.29, 1.82) is 0 Å². The summed E-state index contributed by atoms with van der Waals surface area (Å²) in [6.45, 7) is 5.99. The van der Waals surface area contributed by atoms with Gasteiger partial charge in [0.15, 0.2) is 0 Å². The van der Waals surface area contributed by atoms with Crippen molar-refractivity contribution in [1.82, 2.24) is 4.98 Å². The van der Waals surface area contributed by atoms with Gasteiger partial charge in [0, 0.05) is 11.5 Å². The molecule has 1 N–H and O–H groups in total. The third kappa shape index (κ3) is 2.42. The lowest BCUT2D eigenvalue weighted by molar-refractivity contribution is 0.418. The Bertz CT molecular complexity index is 529. The molecule has 1 aromatic heterocycles. The molecule has 0 amide bonds. The summed E-state index contributed by atoms with van der Waals surface area (Å²) in [4.78, 5) is 13.9. The van der Waals surface area contributed by atoms with Crippen LogP contribution in [-0.4, -0.2) is 12.1 Å². The molecule has 1 aromatic carbocycles. The van der Waals surface area contributed by atoms with Crippen LogP contribution in [0.1, 0.15) is 19.4 Å². The fourth-order valence-corrected chi connectivity index (χ4v) is 1.54. The summed E-state index contributed by atoms with van der Waals surface area (Å²) in [6.07, 6.45) is 0. The van der Waals surface area contributed by atoms with Gasteiger partial charge in [-0.05, 0) is 30.7 Å². The van der Waals surface area contributed by atoms with Crippen LogP contribution in [0.15, 0.2) is 29.1 Å². The Morgan fingerprint density at radius 1 is 1.19 bits per heavy atom. The van der Waals surface area contributed by atoms with Gasteiger partial charge in [0.25, 0.3) is 0 Å². The molecule has 0 spiro atoms. The lowest BCUT2D eigenvalue weighted by Gasteiger charge is -2.05. The molecular weight excluding hydrogens is 202 g/mol. The van der Waals surface area contributed by atoms with Crippen LogP contribution < -0.4 is 10.3 Å².